The van der Waals surface area contributed by atoms with Gasteiger partial charge in [-0.1, -0.05) is 11.6 Å². The summed E-state index contributed by atoms with van der Waals surface area (Å²) in [5.74, 6) is 0.256. The molecule has 2 bridgehead atoms. The van der Waals surface area contributed by atoms with Crippen molar-refractivity contribution in [2.24, 2.45) is 11.3 Å². The smallest absolute Gasteiger partial charge is 0.258 e. The van der Waals surface area contributed by atoms with Crippen LogP contribution in [0.15, 0.2) is 18.2 Å². The summed E-state index contributed by atoms with van der Waals surface area (Å²) in [7, 11) is 0. The molecule has 0 spiro atoms. The molecule has 0 radical (unpaired) electrons. The molecule has 5 rings (SSSR count). The van der Waals surface area contributed by atoms with Crippen LogP contribution in [0.25, 0.3) is 0 Å². The van der Waals surface area contributed by atoms with Crippen LogP contribution in [0.3, 0.4) is 0 Å². The molecule has 30 heavy (non-hydrogen) atoms. The summed E-state index contributed by atoms with van der Waals surface area (Å²) in [4.78, 5) is 24.7. The lowest BCUT2D eigenvalue weighted by Gasteiger charge is -2.69. The number of rotatable bonds is 9. The van der Waals surface area contributed by atoms with E-state index >= 15 is 0 Å². The van der Waals surface area contributed by atoms with Crippen LogP contribution in [0, 0.1) is 17.2 Å². The van der Waals surface area contributed by atoms with E-state index in [-0.39, 0.29) is 40.1 Å². The fourth-order valence-corrected chi connectivity index (χ4v) is 5.28. The average Bonchev–Trinajstić information content (AvgIpc) is 2.68. The van der Waals surface area contributed by atoms with Gasteiger partial charge in [-0.05, 0) is 76.1 Å². The lowest BCUT2D eigenvalue weighted by Crippen LogP contribution is -2.78. The number of carbonyl (C=O) groups is 2. The van der Waals surface area contributed by atoms with Crippen molar-refractivity contribution in [3.63, 3.8) is 0 Å². The van der Waals surface area contributed by atoms with Gasteiger partial charge in [-0.25, -0.2) is 4.39 Å². The van der Waals surface area contributed by atoms with E-state index in [1.165, 1.54) is 25.0 Å². The summed E-state index contributed by atoms with van der Waals surface area (Å²) in [5.41, 5.74) is -0.587. The Labute approximate surface area is 181 Å². The maximum absolute atomic E-state index is 13.4. The third-order valence-electron chi connectivity index (χ3n) is 6.65. The molecule has 1 atom stereocenters. The highest BCUT2D eigenvalue weighted by molar-refractivity contribution is 6.30. The van der Waals surface area contributed by atoms with Crippen LogP contribution < -0.4 is 20.7 Å². The predicted octanol–water partition coefficient (Wildman–Crippen LogP) is 2.79. The highest BCUT2D eigenvalue weighted by Gasteiger charge is 2.72. The monoisotopic (exact) mass is 437 g/mol. The van der Waals surface area contributed by atoms with E-state index in [1.54, 1.807) is 0 Å². The highest BCUT2D eigenvalue weighted by atomic mass is 35.5. The van der Waals surface area contributed by atoms with Gasteiger partial charge in [0.25, 0.3) is 5.91 Å². The first-order chi connectivity index (χ1) is 14.4. The fraction of sp³-hybridized carbons (Fsp3) is 0.636. The van der Waals surface area contributed by atoms with Crippen molar-refractivity contribution in [1.29, 1.82) is 0 Å². The lowest BCUT2D eigenvalue weighted by atomic mass is 9.39. The first-order valence-electron chi connectivity index (χ1n) is 10.8. The van der Waals surface area contributed by atoms with Crippen molar-refractivity contribution in [1.82, 2.24) is 16.0 Å². The van der Waals surface area contributed by atoms with E-state index in [0.717, 1.165) is 44.5 Å². The second kappa shape index (κ2) is 8.71. The third-order valence-corrected chi connectivity index (χ3v) is 6.96. The number of ether oxygens (including phenoxy) is 1. The molecule has 1 unspecified atom stereocenters. The maximum atomic E-state index is 13.4. The van der Waals surface area contributed by atoms with Gasteiger partial charge in [-0.15, -0.1) is 0 Å². The zero-order valence-electron chi connectivity index (χ0n) is 17.1. The zero-order valence-corrected chi connectivity index (χ0v) is 17.8. The second-order valence-electron chi connectivity index (χ2n) is 9.11. The second-order valence-corrected chi connectivity index (χ2v) is 9.52. The van der Waals surface area contributed by atoms with Crippen LogP contribution >= 0.6 is 11.6 Å². The van der Waals surface area contributed by atoms with E-state index < -0.39 is 5.82 Å². The zero-order chi connectivity index (χ0) is 21.2. The van der Waals surface area contributed by atoms with Crippen LogP contribution in [0.4, 0.5) is 4.39 Å². The summed E-state index contributed by atoms with van der Waals surface area (Å²) < 4.78 is 18.7. The SMILES string of the molecule is O=C(COc1ccc(Cl)c(F)c1)NC12CC(C(=O)NCCCC3CCCNC3)(C1)C2. The van der Waals surface area contributed by atoms with Crippen LogP contribution in [0.2, 0.25) is 5.02 Å². The number of halogens is 2. The molecule has 2 amide bonds. The largest absolute Gasteiger partial charge is 0.484 e. The summed E-state index contributed by atoms with van der Waals surface area (Å²) in [6, 6.07) is 4.06. The Hall–Kier alpha value is -1.86. The molecular formula is C22H29ClFN3O3. The number of amides is 2. The molecule has 3 saturated carbocycles. The number of benzene rings is 1. The van der Waals surface area contributed by atoms with E-state index in [1.807, 2.05) is 0 Å². The van der Waals surface area contributed by atoms with E-state index in [2.05, 4.69) is 16.0 Å². The van der Waals surface area contributed by atoms with E-state index in [0.29, 0.717) is 19.3 Å². The van der Waals surface area contributed by atoms with Gasteiger partial charge in [0, 0.05) is 18.2 Å². The quantitative estimate of drug-likeness (QED) is 0.519. The van der Waals surface area contributed by atoms with E-state index in [4.69, 9.17) is 16.3 Å². The van der Waals surface area contributed by atoms with Crippen molar-refractivity contribution in [2.45, 2.75) is 50.5 Å². The molecule has 1 saturated heterocycles. The molecule has 1 heterocycles. The molecule has 164 valence electrons. The number of piperidine rings is 1. The van der Waals surface area contributed by atoms with Crippen LogP contribution in [-0.4, -0.2) is 43.6 Å². The average molecular weight is 438 g/mol. The number of carbonyl (C=O) groups excluding carboxylic acids is 2. The summed E-state index contributed by atoms with van der Waals surface area (Å²) in [6.45, 7) is 2.75. The maximum Gasteiger partial charge on any atom is 0.258 e. The molecule has 1 aromatic carbocycles. The highest BCUT2D eigenvalue weighted by Crippen LogP contribution is 2.67. The Morgan fingerprint density at radius 2 is 2.10 bits per heavy atom. The minimum absolute atomic E-state index is 0.00948. The van der Waals surface area contributed by atoms with Gasteiger partial charge in [-0.2, -0.15) is 0 Å². The van der Waals surface area contributed by atoms with Gasteiger partial charge in [0.1, 0.15) is 11.6 Å². The summed E-state index contributed by atoms with van der Waals surface area (Å²) in [5, 5.41) is 9.49. The van der Waals surface area contributed by atoms with Crippen molar-refractivity contribution in [3.05, 3.63) is 29.0 Å². The molecule has 1 aliphatic heterocycles. The Bertz CT molecular complexity index is 793. The molecule has 3 aliphatic carbocycles. The number of hydrogen-bond donors (Lipinski definition) is 3. The Balaban J connectivity index is 1.12. The van der Waals surface area contributed by atoms with Crippen LogP contribution in [-0.2, 0) is 9.59 Å². The molecule has 4 aliphatic rings. The molecule has 0 aromatic heterocycles. The van der Waals surface area contributed by atoms with Crippen LogP contribution in [0.1, 0.15) is 44.9 Å². The molecular weight excluding hydrogens is 409 g/mol. The molecule has 4 fully saturated rings. The van der Waals surface area contributed by atoms with Gasteiger partial charge in [0.05, 0.1) is 10.4 Å². The molecule has 1 aromatic rings. The number of hydrogen-bond acceptors (Lipinski definition) is 4. The molecule has 6 nitrogen and oxygen atoms in total. The lowest BCUT2D eigenvalue weighted by molar-refractivity contribution is -0.183. The van der Waals surface area contributed by atoms with Gasteiger partial charge < -0.3 is 20.7 Å². The minimum Gasteiger partial charge on any atom is -0.484 e. The first-order valence-corrected chi connectivity index (χ1v) is 11.2. The molecule has 3 N–H and O–H groups in total. The summed E-state index contributed by atoms with van der Waals surface area (Å²) in [6.07, 6.45) is 6.73. The van der Waals surface area contributed by atoms with Gasteiger partial charge >= 0.3 is 0 Å². The topological polar surface area (TPSA) is 79.5 Å². The van der Waals surface area contributed by atoms with Gasteiger partial charge in [0.2, 0.25) is 5.91 Å². The third kappa shape index (κ3) is 4.57. The Morgan fingerprint density at radius 1 is 1.30 bits per heavy atom. The fourth-order valence-electron chi connectivity index (χ4n) is 5.16. The minimum atomic E-state index is -0.586. The first kappa shape index (κ1) is 21.4. The summed E-state index contributed by atoms with van der Waals surface area (Å²) >= 11 is 5.63. The Morgan fingerprint density at radius 3 is 2.80 bits per heavy atom. The number of nitrogens with one attached hydrogen (secondary N) is 3. The predicted molar refractivity (Wildman–Crippen MR) is 112 cm³/mol. The van der Waals surface area contributed by atoms with E-state index in [9.17, 15) is 14.0 Å². The standard InChI is InChI=1S/C22H29ClFN3O3/c23-17-6-5-16(9-18(17)24)30-11-19(28)27-22-12-21(13-22,14-22)20(29)26-8-2-4-15-3-1-7-25-10-15/h5-6,9,15,25H,1-4,7-8,10-14H2,(H,26,29)(H,27,28). The van der Waals surface area contributed by atoms with Gasteiger partial charge in [-0.3, -0.25) is 9.59 Å². The van der Waals surface area contributed by atoms with Crippen molar-refractivity contribution in [3.8, 4) is 5.75 Å². The van der Waals surface area contributed by atoms with Gasteiger partial charge in [0.15, 0.2) is 6.61 Å². The van der Waals surface area contributed by atoms with Crippen molar-refractivity contribution >= 4 is 23.4 Å². The Kier molecular flexibility index (Phi) is 6.21. The van der Waals surface area contributed by atoms with Crippen molar-refractivity contribution in [2.75, 3.05) is 26.2 Å². The molecule has 8 heteroatoms. The normalized spacial score (nSPS) is 29.3. The van der Waals surface area contributed by atoms with Crippen molar-refractivity contribution < 1.29 is 18.7 Å². The van der Waals surface area contributed by atoms with Crippen LogP contribution in [0.5, 0.6) is 5.75 Å².